The number of benzene rings is 1. The third kappa shape index (κ3) is 7.25. The Hall–Kier alpha value is -3.53. The lowest BCUT2D eigenvalue weighted by molar-refractivity contribution is -0.138. The number of carbonyl (C=O) groups excluding carboxylic acids is 1. The predicted molar refractivity (Wildman–Crippen MR) is 135 cm³/mol. The summed E-state index contributed by atoms with van der Waals surface area (Å²) in [6.07, 6.45) is 1.27. The monoisotopic (exact) mass is 512 g/mol. The third-order valence-corrected chi connectivity index (χ3v) is 6.71. The molecule has 0 radical (unpaired) electrons. The second kappa shape index (κ2) is 11.7. The van der Waals surface area contributed by atoms with Gasteiger partial charge >= 0.3 is 6.18 Å². The number of hydrogen-bond acceptors (Lipinski definition) is 6. The number of aryl methyl sites for hydroxylation is 2. The van der Waals surface area contributed by atoms with Crippen LogP contribution in [0.15, 0.2) is 48.8 Å². The van der Waals surface area contributed by atoms with Crippen molar-refractivity contribution < 1.29 is 18.0 Å². The Bertz CT molecular complexity index is 1220. The molecular formula is C27H31F3N6O. The predicted octanol–water partition coefficient (Wildman–Crippen LogP) is 4.65. The van der Waals surface area contributed by atoms with Crippen LogP contribution in [0.25, 0.3) is 0 Å². The van der Waals surface area contributed by atoms with E-state index in [9.17, 15) is 18.0 Å². The van der Waals surface area contributed by atoms with Gasteiger partial charge in [0.1, 0.15) is 0 Å². The summed E-state index contributed by atoms with van der Waals surface area (Å²) < 4.78 is 41.0. The van der Waals surface area contributed by atoms with Crippen LogP contribution in [0.5, 0.6) is 0 Å². The van der Waals surface area contributed by atoms with Gasteiger partial charge < -0.3 is 16.0 Å². The Labute approximate surface area is 214 Å². The molecule has 0 aliphatic carbocycles. The molecular weight excluding hydrogens is 481 g/mol. The van der Waals surface area contributed by atoms with E-state index in [1.165, 1.54) is 11.8 Å². The maximum absolute atomic E-state index is 13.7. The Balaban J connectivity index is 1.50. The van der Waals surface area contributed by atoms with Gasteiger partial charge in [-0.3, -0.25) is 9.78 Å². The highest BCUT2D eigenvalue weighted by Gasteiger charge is 2.35. The Morgan fingerprint density at radius 2 is 1.84 bits per heavy atom. The lowest BCUT2D eigenvalue weighted by Gasteiger charge is -2.16. The van der Waals surface area contributed by atoms with Crippen LogP contribution >= 0.6 is 0 Å². The number of carbonyl (C=O) groups is 1. The lowest BCUT2D eigenvalue weighted by atomic mass is 9.92. The van der Waals surface area contributed by atoms with Crippen LogP contribution in [-0.4, -0.2) is 45.9 Å². The minimum absolute atomic E-state index is 0.0239. The quantitative estimate of drug-likeness (QED) is 0.456. The number of primary amides is 1. The molecule has 7 nitrogen and oxygen atoms in total. The molecule has 2 aromatic heterocycles. The highest BCUT2D eigenvalue weighted by atomic mass is 19.4. The summed E-state index contributed by atoms with van der Waals surface area (Å²) in [4.78, 5) is 26.1. The molecule has 37 heavy (non-hydrogen) atoms. The van der Waals surface area contributed by atoms with Crippen molar-refractivity contribution in [1.29, 1.82) is 0 Å². The number of hydrogen-bond donors (Lipinski definition) is 2. The SMILES string of the molecule is CN1CCCC(c2ccc(Nc3ncc(C(F)(F)F)c(CCc4ncccc4CC(N)=O)n3)cc2)CC1. The number of alkyl halides is 3. The highest BCUT2D eigenvalue weighted by Crippen LogP contribution is 2.33. The number of nitrogens with one attached hydrogen (secondary N) is 1. The maximum Gasteiger partial charge on any atom is 0.419 e. The van der Waals surface area contributed by atoms with E-state index in [-0.39, 0.29) is 30.9 Å². The fraction of sp³-hybridized carbons (Fsp3) is 0.407. The summed E-state index contributed by atoms with van der Waals surface area (Å²) in [6.45, 7) is 2.17. The standard InChI is InChI=1S/C27H31F3N6O/c1-36-14-3-5-18(12-15-36)19-6-8-21(9-7-19)34-26-33-17-22(27(28,29)30)24(35-26)11-10-23-20(16-25(31)37)4-2-13-32-23/h2,4,6-9,13,17-18H,3,5,10-12,14-16H2,1H3,(H2,31,37)(H,33,34,35). The van der Waals surface area contributed by atoms with Crippen LogP contribution in [0.3, 0.4) is 0 Å². The van der Waals surface area contributed by atoms with E-state index >= 15 is 0 Å². The molecule has 1 aromatic carbocycles. The number of halogens is 3. The van der Waals surface area contributed by atoms with Crippen molar-refractivity contribution >= 4 is 17.5 Å². The molecule has 1 aliphatic heterocycles. The molecule has 0 saturated carbocycles. The fourth-order valence-corrected chi connectivity index (χ4v) is 4.73. The average molecular weight is 513 g/mol. The number of anilines is 2. The first kappa shape index (κ1) is 26.5. The number of aromatic nitrogens is 3. The van der Waals surface area contributed by atoms with Crippen molar-refractivity contribution in [3.63, 3.8) is 0 Å². The molecule has 196 valence electrons. The van der Waals surface area contributed by atoms with Gasteiger partial charge in [-0.1, -0.05) is 18.2 Å². The second-order valence-electron chi connectivity index (χ2n) is 9.48. The number of rotatable bonds is 8. The largest absolute Gasteiger partial charge is 0.419 e. The van der Waals surface area contributed by atoms with Gasteiger partial charge in [-0.05, 0) is 87.5 Å². The van der Waals surface area contributed by atoms with Gasteiger partial charge in [0.15, 0.2) is 0 Å². The first-order chi connectivity index (χ1) is 17.7. The minimum atomic E-state index is -4.59. The van der Waals surface area contributed by atoms with Gasteiger partial charge in [0, 0.05) is 23.8 Å². The highest BCUT2D eigenvalue weighted by molar-refractivity contribution is 5.76. The van der Waals surface area contributed by atoms with Gasteiger partial charge in [-0.2, -0.15) is 13.2 Å². The molecule has 3 heterocycles. The van der Waals surface area contributed by atoms with E-state index in [1.54, 1.807) is 12.1 Å². The molecule has 10 heteroatoms. The molecule has 1 aliphatic rings. The number of amides is 1. The van der Waals surface area contributed by atoms with Crippen molar-refractivity contribution in [2.24, 2.45) is 5.73 Å². The van der Waals surface area contributed by atoms with Crippen LogP contribution in [0, 0.1) is 0 Å². The molecule has 0 bridgehead atoms. The lowest BCUT2D eigenvalue weighted by Crippen LogP contribution is -2.18. The van der Waals surface area contributed by atoms with Gasteiger partial charge in [0.05, 0.1) is 17.7 Å². The number of likely N-dealkylation sites (tertiary alicyclic amines) is 1. The zero-order valence-electron chi connectivity index (χ0n) is 20.8. The molecule has 1 atom stereocenters. The van der Waals surface area contributed by atoms with E-state index < -0.39 is 17.6 Å². The fourth-order valence-electron chi connectivity index (χ4n) is 4.73. The Kier molecular flexibility index (Phi) is 8.38. The zero-order valence-corrected chi connectivity index (χ0v) is 20.8. The topological polar surface area (TPSA) is 97.0 Å². The molecule has 1 amide bonds. The van der Waals surface area contributed by atoms with Crippen LogP contribution in [0.4, 0.5) is 24.8 Å². The molecule has 3 N–H and O–H groups in total. The smallest absolute Gasteiger partial charge is 0.369 e. The van der Waals surface area contributed by atoms with Crippen LogP contribution < -0.4 is 11.1 Å². The van der Waals surface area contributed by atoms with E-state index in [4.69, 9.17) is 5.73 Å². The van der Waals surface area contributed by atoms with E-state index in [0.717, 1.165) is 38.5 Å². The van der Waals surface area contributed by atoms with Gasteiger partial charge in [0.2, 0.25) is 11.9 Å². The third-order valence-electron chi connectivity index (χ3n) is 6.71. The van der Waals surface area contributed by atoms with Crippen molar-refractivity contribution in [1.82, 2.24) is 19.9 Å². The molecule has 4 rings (SSSR count). The number of nitrogens with two attached hydrogens (primary N) is 1. The molecule has 1 fully saturated rings. The van der Waals surface area contributed by atoms with Crippen molar-refractivity contribution in [3.05, 3.63) is 76.9 Å². The maximum atomic E-state index is 13.7. The number of pyridine rings is 1. The zero-order chi connectivity index (χ0) is 26.4. The summed E-state index contributed by atoms with van der Waals surface area (Å²) in [5.74, 6) is 0.0559. The Morgan fingerprint density at radius 3 is 2.57 bits per heavy atom. The second-order valence-corrected chi connectivity index (χ2v) is 9.48. The molecule has 0 spiro atoms. The van der Waals surface area contributed by atoms with Gasteiger partial charge in [0.25, 0.3) is 0 Å². The first-order valence-corrected chi connectivity index (χ1v) is 12.4. The van der Waals surface area contributed by atoms with E-state index in [0.29, 0.717) is 22.9 Å². The summed E-state index contributed by atoms with van der Waals surface area (Å²) in [5, 5.41) is 3.03. The van der Waals surface area contributed by atoms with Crippen LogP contribution in [0.2, 0.25) is 0 Å². The van der Waals surface area contributed by atoms with Crippen molar-refractivity contribution in [2.45, 2.75) is 50.6 Å². The summed E-state index contributed by atoms with van der Waals surface area (Å²) in [6, 6.07) is 11.3. The average Bonchev–Trinajstić information content (AvgIpc) is 3.07. The molecule has 1 unspecified atom stereocenters. The minimum Gasteiger partial charge on any atom is -0.369 e. The Morgan fingerprint density at radius 1 is 1.08 bits per heavy atom. The van der Waals surface area contributed by atoms with Gasteiger partial charge in [-0.25, -0.2) is 9.97 Å². The van der Waals surface area contributed by atoms with E-state index in [2.05, 4.69) is 44.3 Å². The van der Waals surface area contributed by atoms with Crippen LogP contribution in [-0.2, 0) is 30.2 Å². The number of nitrogens with zero attached hydrogens (tertiary/aromatic N) is 4. The molecule has 3 aromatic rings. The summed E-state index contributed by atoms with van der Waals surface area (Å²) >= 11 is 0. The van der Waals surface area contributed by atoms with Crippen LogP contribution in [0.1, 0.15) is 53.3 Å². The first-order valence-electron chi connectivity index (χ1n) is 12.4. The van der Waals surface area contributed by atoms with Crippen molar-refractivity contribution in [3.8, 4) is 0 Å². The molecule has 1 saturated heterocycles. The normalized spacial score (nSPS) is 16.8. The van der Waals surface area contributed by atoms with Gasteiger partial charge in [-0.15, -0.1) is 0 Å². The van der Waals surface area contributed by atoms with E-state index in [1.807, 2.05) is 12.1 Å². The van der Waals surface area contributed by atoms with Crippen molar-refractivity contribution in [2.75, 3.05) is 25.5 Å². The summed E-state index contributed by atoms with van der Waals surface area (Å²) in [7, 11) is 2.14. The summed E-state index contributed by atoms with van der Waals surface area (Å²) in [5.41, 5.74) is 7.34.